The first-order valence-electron chi connectivity index (χ1n) is 7.56. The monoisotopic (exact) mass is 307 g/mol. The molecule has 1 fully saturated rings. The second-order valence-electron chi connectivity index (χ2n) is 5.81. The fraction of sp³-hybridized carbons (Fsp3) is 0.500. The number of urea groups is 1. The predicted octanol–water partition coefficient (Wildman–Crippen LogP) is 2.03. The number of likely N-dealkylation sites (N-methyl/N-ethyl adjacent to an activating group) is 1. The van der Waals surface area contributed by atoms with Crippen LogP contribution in [0.1, 0.15) is 31.2 Å². The van der Waals surface area contributed by atoms with Gasteiger partial charge in [0.1, 0.15) is 5.82 Å². The van der Waals surface area contributed by atoms with Crippen molar-refractivity contribution in [2.75, 3.05) is 13.6 Å². The summed E-state index contributed by atoms with van der Waals surface area (Å²) >= 11 is 0. The largest absolute Gasteiger partial charge is 0.335 e. The van der Waals surface area contributed by atoms with Crippen LogP contribution in [0.4, 0.5) is 9.18 Å². The van der Waals surface area contributed by atoms with Crippen LogP contribution in [0.5, 0.6) is 0 Å². The number of benzene rings is 1. The van der Waals surface area contributed by atoms with Gasteiger partial charge in [0, 0.05) is 12.6 Å². The molecule has 120 valence electrons. The van der Waals surface area contributed by atoms with Gasteiger partial charge in [-0.15, -0.1) is 0 Å². The van der Waals surface area contributed by atoms with Gasteiger partial charge in [-0.1, -0.05) is 25.0 Å². The van der Waals surface area contributed by atoms with Gasteiger partial charge in [-0.2, -0.15) is 0 Å². The van der Waals surface area contributed by atoms with Crippen LogP contribution in [0.15, 0.2) is 24.3 Å². The number of carbonyl (C=O) groups is 2. The van der Waals surface area contributed by atoms with Crippen LogP contribution >= 0.6 is 0 Å². The zero-order valence-corrected chi connectivity index (χ0v) is 12.8. The number of nitrogens with one attached hydrogen (secondary N) is 2. The fourth-order valence-corrected chi connectivity index (χ4v) is 2.71. The Labute approximate surface area is 129 Å². The normalized spacial score (nSPS) is 15.0. The van der Waals surface area contributed by atoms with Crippen LogP contribution in [-0.2, 0) is 11.3 Å². The van der Waals surface area contributed by atoms with E-state index in [9.17, 15) is 14.0 Å². The first-order chi connectivity index (χ1) is 10.5. The molecule has 0 bridgehead atoms. The molecule has 1 aromatic rings. The van der Waals surface area contributed by atoms with Crippen molar-refractivity contribution in [1.29, 1.82) is 0 Å². The van der Waals surface area contributed by atoms with Crippen LogP contribution in [0.25, 0.3) is 0 Å². The Morgan fingerprint density at radius 1 is 1.32 bits per heavy atom. The zero-order valence-electron chi connectivity index (χ0n) is 12.8. The summed E-state index contributed by atoms with van der Waals surface area (Å²) in [7, 11) is 1.75. The number of imide groups is 1. The number of hydrogen-bond acceptors (Lipinski definition) is 3. The summed E-state index contributed by atoms with van der Waals surface area (Å²) in [4.78, 5) is 25.2. The summed E-state index contributed by atoms with van der Waals surface area (Å²) < 4.78 is 13.1. The van der Waals surface area contributed by atoms with Crippen molar-refractivity contribution >= 4 is 11.9 Å². The average Bonchev–Trinajstić information content (AvgIpc) is 2.90. The standard InChI is InChI=1S/C16H22FN3O2/c1-20(10-12-5-4-6-13(17)9-12)11-15(21)19-16(22)18-14-7-2-3-8-14/h4-6,9,14H,2-3,7-8,10-11H2,1H3,(H2,18,19,21,22). The van der Waals surface area contributed by atoms with Crippen molar-refractivity contribution in [2.45, 2.75) is 38.3 Å². The van der Waals surface area contributed by atoms with Crippen molar-refractivity contribution in [2.24, 2.45) is 0 Å². The first-order valence-corrected chi connectivity index (χ1v) is 7.56. The zero-order chi connectivity index (χ0) is 15.9. The first kappa shape index (κ1) is 16.4. The van der Waals surface area contributed by atoms with Crippen LogP contribution in [0.2, 0.25) is 0 Å². The molecule has 1 aromatic carbocycles. The van der Waals surface area contributed by atoms with E-state index in [2.05, 4.69) is 10.6 Å². The lowest BCUT2D eigenvalue weighted by Gasteiger charge is -2.17. The molecule has 0 aliphatic heterocycles. The number of nitrogens with zero attached hydrogens (tertiary/aromatic N) is 1. The molecule has 0 atom stereocenters. The lowest BCUT2D eigenvalue weighted by Crippen LogP contribution is -2.46. The number of rotatable bonds is 5. The minimum atomic E-state index is -0.434. The van der Waals surface area contributed by atoms with Crippen molar-refractivity contribution in [3.8, 4) is 0 Å². The highest BCUT2D eigenvalue weighted by atomic mass is 19.1. The Kier molecular flexibility index (Phi) is 5.89. The highest BCUT2D eigenvalue weighted by molar-refractivity contribution is 5.95. The summed E-state index contributed by atoms with van der Waals surface area (Å²) in [5.41, 5.74) is 0.783. The van der Waals surface area contributed by atoms with E-state index in [0.29, 0.717) is 6.54 Å². The minimum Gasteiger partial charge on any atom is -0.335 e. The molecule has 6 heteroatoms. The van der Waals surface area contributed by atoms with E-state index >= 15 is 0 Å². The second-order valence-corrected chi connectivity index (χ2v) is 5.81. The van der Waals surface area contributed by atoms with E-state index in [-0.39, 0.29) is 24.3 Å². The van der Waals surface area contributed by atoms with E-state index in [1.54, 1.807) is 24.1 Å². The van der Waals surface area contributed by atoms with Gasteiger partial charge >= 0.3 is 6.03 Å². The van der Waals surface area contributed by atoms with E-state index < -0.39 is 6.03 Å². The third-order valence-electron chi connectivity index (χ3n) is 3.70. The molecule has 22 heavy (non-hydrogen) atoms. The Morgan fingerprint density at radius 3 is 2.73 bits per heavy atom. The molecule has 0 radical (unpaired) electrons. The van der Waals surface area contributed by atoms with Gasteiger partial charge in [-0.3, -0.25) is 15.0 Å². The molecule has 2 rings (SSSR count). The van der Waals surface area contributed by atoms with Gasteiger partial charge < -0.3 is 5.32 Å². The van der Waals surface area contributed by atoms with Gasteiger partial charge in [0.15, 0.2) is 0 Å². The van der Waals surface area contributed by atoms with E-state index in [0.717, 1.165) is 31.2 Å². The summed E-state index contributed by atoms with van der Waals surface area (Å²) in [5.74, 6) is -0.666. The molecular formula is C16H22FN3O2. The third kappa shape index (κ3) is 5.44. The van der Waals surface area contributed by atoms with E-state index in [1.165, 1.54) is 12.1 Å². The average molecular weight is 307 g/mol. The lowest BCUT2D eigenvalue weighted by molar-refractivity contribution is -0.121. The van der Waals surface area contributed by atoms with Crippen LogP contribution in [-0.4, -0.2) is 36.5 Å². The Hall–Kier alpha value is -1.95. The number of carbonyl (C=O) groups excluding carboxylic acids is 2. The molecular weight excluding hydrogens is 285 g/mol. The lowest BCUT2D eigenvalue weighted by atomic mass is 10.2. The van der Waals surface area contributed by atoms with Crippen molar-refractivity contribution < 1.29 is 14.0 Å². The van der Waals surface area contributed by atoms with Gasteiger partial charge in [0.05, 0.1) is 6.54 Å². The van der Waals surface area contributed by atoms with Gasteiger partial charge in [-0.25, -0.2) is 9.18 Å². The molecule has 1 aliphatic rings. The maximum Gasteiger partial charge on any atom is 0.321 e. The van der Waals surface area contributed by atoms with Crippen LogP contribution in [0, 0.1) is 5.82 Å². The third-order valence-corrected chi connectivity index (χ3v) is 3.70. The Bertz CT molecular complexity index is 530. The van der Waals surface area contributed by atoms with Gasteiger partial charge in [0.2, 0.25) is 5.91 Å². The number of hydrogen-bond donors (Lipinski definition) is 2. The van der Waals surface area contributed by atoms with Crippen molar-refractivity contribution in [1.82, 2.24) is 15.5 Å². The molecule has 1 saturated carbocycles. The maximum atomic E-state index is 13.1. The summed E-state index contributed by atoms with van der Waals surface area (Å²) in [6.07, 6.45) is 4.19. The molecule has 0 spiro atoms. The fourth-order valence-electron chi connectivity index (χ4n) is 2.71. The molecule has 5 nitrogen and oxygen atoms in total. The highest BCUT2D eigenvalue weighted by Gasteiger charge is 2.18. The number of amides is 3. The molecule has 2 N–H and O–H groups in total. The highest BCUT2D eigenvalue weighted by Crippen LogP contribution is 2.17. The summed E-state index contributed by atoms with van der Waals surface area (Å²) in [5, 5.41) is 5.13. The predicted molar refractivity (Wildman–Crippen MR) is 81.7 cm³/mol. The van der Waals surface area contributed by atoms with Crippen LogP contribution < -0.4 is 10.6 Å². The van der Waals surface area contributed by atoms with E-state index in [4.69, 9.17) is 0 Å². The summed E-state index contributed by atoms with van der Waals surface area (Å²) in [6, 6.07) is 5.98. The van der Waals surface area contributed by atoms with Crippen molar-refractivity contribution in [3.63, 3.8) is 0 Å². The molecule has 0 unspecified atom stereocenters. The molecule has 0 heterocycles. The minimum absolute atomic E-state index is 0.0780. The SMILES string of the molecule is CN(CC(=O)NC(=O)NC1CCCC1)Cc1cccc(F)c1. The van der Waals surface area contributed by atoms with Gasteiger partial charge in [0.25, 0.3) is 0 Å². The topological polar surface area (TPSA) is 61.4 Å². The molecule has 0 saturated heterocycles. The smallest absolute Gasteiger partial charge is 0.321 e. The van der Waals surface area contributed by atoms with Crippen molar-refractivity contribution in [3.05, 3.63) is 35.6 Å². The maximum absolute atomic E-state index is 13.1. The molecule has 1 aliphatic carbocycles. The quantitative estimate of drug-likeness (QED) is 0.875. The van der Waals surface area contributed by atoms with Crippen LogP contribution in [0.3, 0.4) is 0 Å². The summed E-state index contributed by atoms with van der Waals surface area (Å²) in [6.45, 7) is 0.518. The molecule has 3 amide bonds. The van der Waals surface area contributed by atoms with E-state index in [1.807, 2.05) is 0 Å². The Morgan fingerprint density at radius 2 is 2.05 bits per heavy atom. The molecule has 0 aromatic heterocycles. The Balaban J connectivity index is 1.72. The second kappa shape index (κ2) is 7.89. The van der Waals surface area contributed by atoms with Gasteiger partial charge in [-0.05, 0) is 37.6 Å². The number of halogens is 1.